The van der Waals surface area contributed by atoms with E-state index in [4.69, 9.17) is 28.9 Å². The summed E-state index contributed by atoms with van der Waals surface area (Å²) in [5.41, 5.74) is 5.29. The fourth-order valence-electron chi connectivity index (χ4n) is 1.17. The van der Waals surface area contributed by atoms with Crippen LogP contribution in [0.3, 0.4) is 0 Å². The first-order valence-corrected chi connectivity index (χ1v) is 5.07. The second-order valence-corrected chi connectivity index (χ2v) is 4.38. The summed E-state index contributed by atoms with van der Waals surface area (Å²) in [5.74, 6) is 0. The van der Waals surface area contributed by atoms with Crippen molar-refractivity contribution >= 4 is 23.2 Å². The molecule has 1 rings (SSSR count). The number of nitrogens with two attached hydrogens (primary N) is 1. The molecule has 1 atom stereocenters. The van der Waals surface area contributed by atoms with E-state index in [1.165, 1.54) is 0 Å². The predicted molar refractivity (Wildman–Crippen MR) is 59.8 cm³/mol. The van der Waals surface area contributed by atoms with Crippen LogP contribution in [0.1, 0.15) is 12.5 Å². The maximum Gasteiger partial charge on any atom is 0.0782 e. The molecule has 0 radical (unpaired) electrons. The molecule has 0 fully saturated rings. The molecule has 0 aliphatic carbocycles. The van der Waals surface area contributed by atoms with Crippen LogP contribution in [0.4, 0.5) is 0 Å². The van der Waals surface area contributed by atoms with Crippen LogP contribution < -0.4 is 5.73 Å². The Labute approximate surface area is 93.6 Å². The Morgan fingerprint density at radius 3 is 2.64 bits per heavy atom. The van der Waals surface area contributed by atoms with Crippen molar-refractivity contribution in [1.29, 1.82) is 0 Å². The van der Waals surface area contributed by atoms with Gasteiger partial charge in [0.2, 0.25) is 0 Å². The van der Waals surface area contributed by atoms with E-state index in [9.17, 15) is 5.11 Å². The number of aliphatic hydroxyl groups is 1. The maximum absolute atomic E-state index is 9.77. The molecule has 0 aromatic heterocycles. The monoisotopic (exact) mass is 233 g/mol. The highest BCUT2D eigenvalue weighted by molar-refractivity contribution is 6.42. The van der Waals surface area contributed by atoms with Crippen LogP contribution >= 0.6 is 23.2 Å². The van der Waals surface area contributed by atoms with Crippen molar-refractivity contribution < 1.29 is 5.11 Å². The third-order valence-electron chi connectivity index (χ3n) is 2.04. The molecular formula is C10H13Cl2NO. The van der Waals surface area contributed by atoms with E-state index in [0.29, 0.717) is 16.5 Å². The van der Waals surface area contributed by atoms with Gasteiger partial charge in [0.1, 0.15) is 0 Å². The molecule has 78 valence electrons. The fraction of sp³-hybridized carbons (Fsp3) is 0.400. The molecule has 1 unspecified atom stereocenters. The number of rotatable bonds is 3. The molecule has 0 heterocycles. The van der Waals surface area contributed by atoms with Crippen molar-refractivity contribution in [2.24, 2.45) is 5.73 Å². The van der Waals surface area contributed by atoms with Gasteiger partial charge in [-0.2, -0.15) is 0 Å². The minimum Gasteiger partial charge on any atom is -0.389 e. The van der Waals surface area contributed by atoms with Gasteiger partial charge in [0.05, 0.1) is 15.6 Å². The molecule has 0 amide bonds. The van der Waals surface area contributed by atoms with Crippen molar-refractivity contribution in [3.8, 4) is 0 Å². The first-order chi connectivity index (χ1) is 6.46. The highest BCUT2D eigenvalue weighted by Crippen LogP contribution is 2.27. The average molecular weight is 234 g/mol. The standard InChI is InChI=1S/C10H13Cl2NO/c1-10(14,6-13)5-7-3-2-4-8(11)9(7)12/h2-4,14H,5-6,13H2,1H3. The van der Waals surface area contributed by atoms with Gasteiger partial charge in [-0.3, -0.25) is 0 Å². The minimum absolute atomic E-state index is 0.190. The van der Waals surface area contributed by atoms with Crippen LogP contribution in [0.2, 0.25) is 10.0 Å². The van der Waals surface area contributed by atoms with Crippen molar-refractivity contribution in [2.45, 2.75) is 18.9 Å². The van der Waals surface area contributed by atoms with Crippen molar-refractivity contribution in [3.63, 3.8) is 0 Å². The number of halogens is 2. The zero-order valence-electron chi connectivity index (χ0n) is 7.93. The highest BCUT2D eigenvalue weighted by Gasteiger charge is 2.20. The fourth-order valence-corrected chi connectivity index (χ4v) is 1.55. The van der Waals surface area contributed by atoms with Crippen LogP contribution in [0.25, 0.3) is 0 Å². The Bertz CT molecular complexity index is 326. The molecular weight excluding hydrogens is 221 g/mol. The summed E-state index contributed by atoms with van der Waals surface area (Å²) in [4.78, 5) is 0. The van der Waals surface area contributed by atoms with Crippen LogP contribution in [0.15, 0.2) is 18.2 Å². The topological polar surface area (TPSA) is 46.2 Å². The Hall–Kier alpha value is -0.280. The Kier molecular flexibility index (Phi) is 3.78. The summed E-state index contributed by atoms with van der Waals surface area (Å²) in [5, 5.41) is 10.8. The lowest BCUT2D eigenvalue weighted by Gasteiger charge is -2.21. The summed E-state index contributed by atoms with van der Waals surface area (Å²) in [6, 6.07) is 5.35. The lowest BCUT2D eigenvalue weighted by Crippen LogP contribution is -2.36. The smallest absolute Gasteiger partial charge is 0.0782 e. The zero-order chi connectivity index (χ0) is 10.8. The molecule has 1 aromatic carbocycles. The van der Waals surface area contributed by atoms with Gasteiger partial charge in [-0.25, -0.2) is 0 Å². The van der Waals surface area contributed by atoms with Gasteiger partial charge in [0.25, 0.3) is 0 Å². The van der Waals surface area contributed by atoms with Crippen LogP contribution in [-0.4, -0.2) is 17.3 Å². The lowest BCUT2D eigenvalue weighted by atomic mass is 9.97. The maximum atomic E-state index is 9.77. The molecule has 0 aliphatic heterocycles. The second-order valence-electron chi connectivity index (χ2n) is 3.59. The largest absolute Gasteiger partial charge is 0.389 e. The number of hydrogen-bond donors (Lipinski definition) is 2. The SMILES string of the molecule is CC(O)(CN)Cc1cccc(Cl)c1Cl. The molecule has 0 bridgehead atoms. The minimum atomic E-state index is -0.936. The van der Waals surface area contributed by atoms with Crippen LogP contribution in [0.5, 0.6) is 0 Å². The lowest BCUT2D eigenvalue weighted by molar-refractivity contribution is 0.0697. The van der Waals surface area contributed by atoms with Gasteiger partial charge >= 0.3 is 0 Å². The molecule has 2 nitrogen and oxygen atoms in total. The molecule has 0 spiro atoms. The van der Waals surface area contributed by atoms with Gasteiger partial charge < -0.3 is 10.8 Å². The Morgan fingerprint density at radius 2 is 2.07 bits per heavy atom. The Morgan fingerprint density at radius 1 is 1.43 bits per heavy atom. The highest BCUT2D eigenvalue weighted by atomic mass is 35.5. The van der Waals surface area contributed by atoms with Crippen molar-refractivity contribution in [3.05, 3.63) is 33.8 Å². The van der Waals surface area contributed by atoms with E-state index in [1.807, 2.05) is 6.07 Å². The molecule has 0 aliphatic rings. The van der Waals surface area contributed by atoms with Crippen LogP contribution in [-0.2, 0) is 6.42 Å². The van der Waals surface area contributed by atoms with Gasteiger partial charge in [-0.15, -0.1) is 0 Å². The summed E-state index contributed by atoms with van der Waals surface area (Å²) < 4.78 is 0. The van der Waals surface area contributed by atoms with Crippen LogP contribution in [0, 0.1) is 0 Å². The normalized spacial score (nSPS) is 15.2. The second kappa shape index (κ2) is 4.49. The molecule has 4 heteroatoms. The van der Waals surface area contributed by atoms with Gasteiger partial charge in [-0.1, -0.05) is 35.3 Å². The van der Waals surface area contributed by atoms with Gasteiger partial charge in [0, 0.05) is 13.0 Å². The van der Waals surface area contributed by atoms with Gasteiger partial charge in [0.15, 0.2) is 0 Å². The molecule has 0 saturated heterocycles. The summed E-state index contributed by atoms with van der Waals surface area (Å²) in [7, 11) is 0. The van der Waals surface area contributed by atoms with E-state index in [1.54, 1.807) is 19.1 Å². The molecule has 3 N–H and O–H groups in total. The third-order valence-corrected chi connectivity index (χ3v) is 2.90. The zero-order valence-corrected chi connectivity index (χ0v) is 9.44. The summed E-state index contributed by atoms with van der Waals surface area (Å²) in [6.45, 7) is 1.86. The van der Waals surface area contributed by atoms with E-state index in [0.717, 1.165) is 5.56 Å². The van der Waals surface area contributed by atoms with Gasteiger partial charge in [-0.05, 0) is 18.6 Å². The summed E-state index contributed by atoms with van der Waals surface area (Å²) in [6.07, 6.45) is 0.406. The summed E-state index contributed by atoms with van der Waals surface area (Å²) >= 11 is 11.8. The van der Waals surface area contributed by atoms with E-state index in [2.05, 4.69) is 0 Å². The Balaban J connectivity index is 2.92. The molecule has 14 heavy (non-hydrogen) atoms. The van der Waals surface area contributed by atoms with Crippen molar-refractivity contribution in [2.75, 3.05) is 6.54 Å². The first-order valence-electron chi connectivity index (χ1n) is 4.31. The molecule has 0 saturated carbocycles. The first kappa shape index (κ1) is 11.8. The number of benzene rings is 1. The molecule has 1 aromatic rings. The van der Waals surface area contributed by atoms with E-state index < -0.39 is 5.60 Å². The van der Waals surface area contributed by atoms with E-state index >= 15 is 0 Å². The van der Waals surface area contributed by atoms with E-state index in [-0.39, 0.29) is 6.54 Å². The average Bonchev–Trinajstić information content (AvgIpc) is 2.13. The van der Waals surface area contributed by atoms with Crippen molar-refractivity contribution in [1.82, 2.24) is 0 Å². The quantitative estimate of drug-likeness (QED) is 0.842. The predicted octanol–water partition coefficient (Wildman–Crippen LogP) is 2.25. The third kappa shape index (κ3) is 2.85. The number of hydrogen-bond acceptors (Lipinski definition) is 2.